The summed E-state index contributed by atoms with van der Waals surface area (Å²) in [6, 6.07) is 0. The Morgan fingerprint density at radius 2 is 1.70 bits per heavy atom. The highest BCUT2D eigenvalue weighted by molar-refractivity contribution is 6.08. The van der Waals surface area contributed by atoms with E-state index >= 15 is 0 Å². The van der Waals surface area contributed by atoms with Crippen molar-refractivity contribution in [3.63, 3.8) is 0 Å². The number of ketones is 1. The molecular weight excluding hydrogens is 307 g/mol. The molecule has 0 aromatic carbocycles. The lowest BCUT2D eigenvalue weighted by Crippen LogP contribution is -2.12. The van der Waals surface area contributed by atoms with Gasteiger partial charge in [-0.15, -0.1) is 0 Å². The van der Waals surface area contributed by atoms with Crippen LogP contribution in [0.25, 0.3) is 0 Å². The molecule has 0 aromatic heterocycles. The summed E-state index contributed by atoms with van der Waals surface area (Å²) in [4.78, 5) is 21.9. The summed E-state index contributed by atoms with van der Waals surface area (Å²) < 4.78 is 38.9. The zero-order chi connectivity index (χ0) is 18.4. The third-order valence-corrected chi connectivity index (χ3v) is 2.51. The molecule has 0 N–H and O–H groups in total. The fourth-order valence-electron chi connectivity index (χ4n) is 1.52. The molecule has 6 heteroatoms. The molecule has 0 radical (unpaired) electrons. The SMILES string of the molecule is C=O.CC/C=C\C/C(=C\N(C)C)C(=O)/C(=C/C(F)=C(\C)F)CF. The van der Waals surface area contributed by atoms with E-state index < -0.39 is 29.7 Å². The molecule has 0 amide bonds. The molecule has 23 heavy (non-hydrogen) atoms. The van der Waals surface area contributed by atoms with Gasteiger partial charge in [0, 0.05) is 31.4 Å². The fourth-order valence-corrected chi connectivity index (χ4v) is 1.52. The van der Waals surface area contributed by atoms with Crippen LogP contribution in [0.1, 0.15) is 26.7 Å². The summed E-state index contributed by atoms with van der Waals surface area (Å²) in [5, 5.41) is 0. The van der Waals surface area contributed by atoms with E-state index in [0.29, 0.717) is 18.1 Å². The summed E-state index contributed by atoms with van der Waals surface area (Å²) in [6.07, 6.45) is 6.95. The Morgan fingerprint density at radius 1 is 1.13 bits per heavy atom. The van der Waals surface area contributed by atoms with Crippen LogP contribution in [-0.2, 0) is 9.59 Å². The summed E-state index contributed by atoms with van der Waals surface area (Å²) in [5.74, 6) is -2.94. The number of hydrogen-bond acceptors (Lipinski definition) is 3. The second-order valence-electron chi connectivity index (χ2n) is 4.72. The average Bonchev–Trinajstić information content (AvgIpc) is 2.52. The lowest BCUT2D eigenvalue weighted by molar-refractivity contribution is -0.112. The monoisotopic (exact) mass is 331 g/mol. The highest BCUT2D eigenvalue weighted by Gasteiger charge is 2.16. The number of hydrogen-bond donors (Lipinski definition) is 0. The van der Waals surface area contributed by atoms with Crippen molar-refractivity contribution in [2.24, 2.45) is 0 Å². The van der Waals surface area contributed by atoms with Crippen molar-refractivity contribution in [1.82, 2.24) is 4.90 Å². The molecule has 0 aromatic rings. The van der Waals surface area contributed by atoms with Crippen molar-refractivity contribution >= 4 is 12.6 Å². The number of carbonyl (C=O) groups is 2. The Hall–Kier alpha value is -2.11. The Kier molecular flexibility index (Phi) is 13.6. The molecule has 0 saturated heterocycles. The first kappa shape index (κ1) is 23.2. The van der Waals surface area contributed by atoms with Crippen molar-refractivity contribution in [2.75, 3.05) is 20.8 Å². The first-order valence-corrected chi connectivity index (χ1v) is 6.97. The molecule has 0 saturated carbocycles. The number of rotatable bonds is 8. The van der Waals surface area contributed by atoms with Gasteiger partial charge >= 0.3 is 0 Å². The van der Waals surface area contributed by atoms with Crippen LogP contribution >= 0.6 is 0 Å². The first-order valence-electron chi connectivity index (χ1n) is 6.97. The second kappa shape index (κ2) is 13.5. The van der Waals surface area contributed by atoms with E-state index in [4.69, 9.17) is 4.79 Å². The maximum absolute atomic E-state index is 13.2. The molecule has 0 fully saturated rings. The zero-order valence-electron chi connectivity index (χ0n) is 14.0. The Bertz CT molecular complexity index is 488. The minimum Gasteiger partial charge on any atom is -0.383 e. The highest BCUT2D eigenvalue weighted by Crippen LogP contribution is 2.17. The number of alkyl halides is 1. The second-order valence-corrected chi connectivity index (χ2v) is 4.72. The van der Waals surface area contributed by atoms with Gasteiger partial charge in [0.05, 0.1) is 0 Å². The summed E-state index contributed by atoms with van der Waals surface area (Å²) in [6.45, 7) is 3.71. The van der Waals surface area contributed by atoms with E-state index in [1.807, 2.05) is 19.8 Å². The topological polar surface area (TPSA) is 37.4 Å². The number of carbonyl (C=O) groups excluding carboxylic acids is 2. The number of allylic oxidation sites excluding steroid dienone is 7. The van der Waals surface area contributed by atoms with Gasteiger partial charge in [-0.25, -0.2) is 13.2 Å². The molecule has 0 aliphatic rings. The minimum atomic E-state index is -1.23. The average molecular weight is 331 g/mol. The Balaban J connectivity index is 0. The molecule has 0 heterocycles. The molecule has 130 valence electrons. The number of nitrogens with zero attached hydrogens (tertiary/aromatic N) is 1. The van der Waals surface area contributed by atoms with E-state index in [9.17, 15) is 18.0 Å². The number of halogens is 3. The van der Waals surface area contributed by atoms with Gasteiger partial charge in [-0.05, 0) is 25.8 Å². The van der Waals surface area contributed by atoms with Gasteiger partial charge in [-0.1, -0.05) is 19.1 Å². The van der Waals surface area contributed by atoms with Gasteiger partial charge in [0.1, 0.15) is 19.3 Å². The maximum atomic E-state index is 13.2. The van der Waals surface area contributed by atoms with Crippen LogP contribution in [0, 0.1) is 0 Å². The van der Waals surface area contributed by atoms with Crippen molar-refractivity contribution in [3.05, 3.63) is 47.2 Å². The van der Waals surface area contributed by atoms with E-state index in [1.165, 1.54) is 0 Å². The molecule has 0 atom stereocenters. The van der Waals surface area contributed by atoms with Crippen LogP contribution in [0.2, 0.25) is 0 Å². The van der Waals surface area contributed by atoms with Gasteiger partial charge in [0.2, 0.25) is 0 Å². The van der Waals surface area contributed by atoms with Gasteiger partial charge in [0.15, 0.2) is 11.6 Å². The van der Waals surface area contributed by atoms with Gasteiger partial charge < -0.3 is 9.69 Å². The van der Waals surface area contributed by atoms with Crippen LogP contribution in [0.3, 0.4) is 0 Å². The molecule has 0 aliphatic carbocycles. The lowest BCUT2D eigenvalue weighted by Gasteiger charge is -2.11. The fraction of sp³-hybridized carbons (Fsp3) is 0.412. The lowest BCUT2D eigenvalue weighted by atomic mass is 10.0. The standard InChI is InChI=1S/C16H22F3NO.CH2O/c1-5-6-7-8-13(11-20(3)4)16(21)14(10-17)9-15(19)12(2)18;1-2/h6-7,9,11H,5,8,10H2,1-4H3;1H2/b7-6-,13-11+,14-9+,15-12-;. The summed E-state index contributed by atoms with van der Waals surface area (Å²) >= 11 is 0. The van der Waals surface area contributed by atoms with E-state index in [2.05, 4.69) is 0 Å². The van der Waals surface area contributed by atoms with Crippen LogP contribution in [0.4, 0.5) is 13.2 Å². The summed E-state index contributed by atoms with van der Waals surface area (Å²) in [5.41, 5.74) is -0.0830. The highest BCUT2D eigenvalue weighted by atomic mass is 19.2. The molecule has 0 spiro atoms. The predicted octanol–water partition coefficient (Wildman–Crippen LogP) is 4.24. The molecule has 0 rings (SSSR count). The van der Waals surface area contributed by atoms with Crippen LogP contribution in [0.15, 0.2) is 47.2 Å². The van der Waals surface area contributed by atoms with Gasteiger partial charge in [0.25, 0.3) is 0 Å². The predicted molar refractivity (Wildman–Crippen MR) is 86.9 cm³/mol. The maximum Gasteiger partial charge on any atom is 0.189 e. The third-order valence-electron chi connectivity index (χ3n) is 2.51. The smallest absolute Gasteiger partial charge is 0.189 e. The van der Waals surface area contributed by atoms with Crippen LogP contribution < -0.4 is 0 Å². The largest absolute Gasteiger partial charge is 0.383 e. The van der Waals surface area contributed by atoms with Crippen molar-refractivity contribution in [3.8, 4) is 0 Å². The first-order chi connectivity index (χ1) is 10.8. The molecule has 0 bridgehead atoms. The molecular formula is C17H24F3NO2. The van der Waals surface area contributed by atoms with Crippen molar-refractivity contribution in [1.29, 1.82) is 0 Å². The minimum absolute atomic E-state index is 0.308. The van der Waals surface area contributed by atoms with Crippen molar-refractivity contribution < 1.29 is 22.8 Å². The van der Waals surface area contributed by atoms with Gasteiger partial charge in [-0.3, -0.25) is 4.79 Å². The molecule has 0 unspecified atom stereocenters. The van der Waals surface area contributed by atoms with Crippen LogP contribution in [-0.4, -0.2) is 38.2 Å². The van der Waals surface area contributed by atoms with Crippen LogP contribution in [0.5, 0.6) is 0 Å². The van der Waals surface area contributed by atoms with E-state index in [1.54, 1.807) is 31.3 Å². The molecule has 0 aliphatic heterocycles. The number of Topliss-reactive ketones (excluding diaryl/α,β-unsaturated/α-hetero) is 1. The Labute approximate surface area is 135 Å². The zero-order valence-corrected chi connectivity index (χ0v) is 14.0. The van der Waals surface area contributed by atoms with E-state index in [-0.39, 0.29) is 0 Å². The van der Waals surface area contributed by atoms with Gasteiger partial charge in [-0.2, -0.15) is 0 Å². The Morgan fingerprint density at radius 3 is 2.09 bits per heavy atom. The van der Waals surface area contributed by atoms with E-state index in [0.717, 1.165) is 13.3 Å². The quantitative estimate of drug-likeness (QED) is 0.379. The molecule has 3 nitrogen and oxygen atoms in total. The third kappa shape index (κ3) is 10.3. The summed E-state index contributed by atoms with van der Waals surface area (Å²) in [7, 11) is 3.45. The van der Waals surface area contributed by atoms with Crippen molar-refractivity contribution in [2.45, 2.75) is 26.7 Å². The normalized spacial score (nSPS) is 13.3.